The van der Waals surface area contributed by atoms with E-state index in [0.29, 0.717) is 12.6 Å². The Bertz CT molecular complexity index is 595. The molecule has 7 nitrogen and oxygen atoms in total. The van der Waals surface area contributed by atoms with Gasteiger partial charge in [-0.15, -0.1) is 0 Å². The molecule has 3 heterocycles. The van der Waals surface area contributed by atoms with Gasteiger partial charge in [-0.3, -0.25) is 9.58 Å². The number of hydrogen-bond acceptors (Lipinski definition) is 5. The van der Waals surface area contributed by atoms with Crippen molar-refractivity contribution in [2.24, 2.45) is 0 Å². The average Bonchev–Trinajstić information content (AvgIpc) is 3.02. The lowest BCUT2D eigenvalue weighted by Crippen LogP contribution is -2.48. The number of rotatable bonds is 5. The minimum atomic E-state index is -3.18. The van der Waals surface area contributed by atoms with Crippen molar-refractivity contribution >= 4 is 10.0 Å². The van der Waals surface area contributed by atoms with Crippen molar-refractivity contribution in [1.82, 2.24) is 19.4 Å². The highest BCUT2D eigenvalue weighted by atomic mass is 32.2. The van der Waals surface area contributed by atoms with Crippen LogP contribution in [0.3, 0.4) is 0 Å². The van der Waals surface area contributed by atoms with Crippen LogP contribution in [-0.2, 0) is 21.3 Å². The maximum Gasteiger partial charge on any atom is 0.211 e. The van der Waals surface area contributed by atoms with Gasteiger partial charge in [0.15, 0.2) is 0 Å². The van der Waals surface area contributed by atoms with E-state index in [1.165, 1.54) is 0 Å². The molecule has 0 spiro atoms. The predicted octanol–water partition coefficient (Wildman–Crippen LogP) is 0.358. The van der Waals surface area contributed by atoms with E-state index >= 15 is 0 Å². The van der Waals surface area contributed by atoms with Gasteiger partial charge in [0.05, 0.1) is 17.5 Å². The number of nitrogens with zero attached hydrogens (tertiary/aromatic N) is 3. The summed E-state index contributed by atoms with van der Waals surface area (Å²) in [5, 5.41) is 4.37. The molecule has 2 aliphatic heterocycles. The summed E-state index contributed by atoms with van der Waals surface area (Å²) in [7, 11) is -3.18. The third kappa shape index (κ3) is 3.51. The van der Waals surface area contributed by atoms with Gasteiger partial charge >= 0.3 is 0 Å². The number of hydrogen-bond donors (Lipinski definition) is 1. The third-order valence-electron chi connectivity index (χ3n) is 4.53. The topological polar surface area (TPSA) is 76.5 Å². The largest absolute Gasteiger partial charge is 0.381 e. The Hall–Kier alpha value is -0.960. The predicted molar refractivity (Wildman–Crippen MR) is 83.0 cm³/mol. The minimum absolute atomic E-state index is 0.0444. The van der Waals surface area contributed by atoms with Crippen LogP contribution in [0.15, 0.2) is 12.3 Å². The van der Waals surface area contributed by atoms with Crippen molar-refractivity contribution in [2.45, 2.75) is 38.4 Å². The van der Waals surface area contributed by atoms with E-state index < -0.39 is 10.0 Å². The van der Waals surface area contributed by atoms with E-state index in [-0.39, 0.29) is 11.8 Å². The highest BCUT2D eigenvalue weighted by molar-refractivity contribution is 7.89. The van der Waals surface area contributed by atoms with Crippen LogP contribution in [0.1, 0.15) is 31.5 Å². The molecule has 0 aromatic carbocycles. The maximum atomic E-state index is 11.7. The second-order valence-corrected chi connectivity index (χ2v) is 8.04. The van der Waals surface area contributed by atoms with Gasteiger partial charge in [0.25, 0.3) is 0 Å². The first-order valence-corrected chi connectivity index (χ1v) is 9.56. The molecular weight excluding hydrogens is 304 g/mol. The van der Waals surface area contributed by atoms with E-state index in [0.717, 1.165) is 44.8 Å². The Labute approximate surface area is 131 Å². The van der Waals surface area contributed by atoms with Crippen LogP contribution in [0, 0.1) is 0 Å². The average molecular weight is 328 g/mol. The molecule has 1 aromatic heterocycles. The molecule has 2 aliphatic rings. The Morgan fingerprint density at radius 1 is 1.41 bits per heavy atom. The Morgan fingerprint density at radius 3 is 2.91 bits per heavy atom. The molecule has 22 heavy (non-hydrogen) atoms. The number of fused-ring (bicyclic) bond motifs is 1. The van der Waals surface area contributed by atoms with Crippen molar-refractivity contribution < 1.29 is 13.2 Å². The molecule has 0 unspecified atom stereocenters. The van der Waals surface area contributed by atoms with Crippen LogP contribution in [-0.4, -0.2) is 61.2 Å². The molecule has 1 aromatic rings. The van der Waals surface area contributed by atoms with Crippen molar-refractivity contribution in [1.29, 1.82) is 0 Å². The van der Waals surface area contributed by atoms with Crippen molar-refractivity contribution in [3.63, 3.8) is 0 Å². The normalized spacial score (nSPS) is 24.3. The Kier molecular flexibility index (Phi) is 4.82. The molecule has 0 aliphatic carbocycles. The lowest BCUT2D eigenvalue weighted by atomic mass is 10.0. The first-order chi connectivity index (χ1) is 10.6. The summed E-state index contributed by atoms with van der Waals surface area (Å²) in [6.45, 7) is 5.37. The number of sulfonamides is 1. The molecular formula is C14H24N4O3S. The van der Waals surface area contributed by atoms with Gasteiger partial charge in [-0.05, 0) is 25.8 Å². The van der Waals surface area contributed by atoms with Crippen LogP contribution in [0.25, 0.3) is 0 Å². The van der Waals surface area contributed by atoms with Gasteiger partial charge in [0, 0.05) is 45.1 Å². The van der Waals surface area contributed by atoms with Crippen molar-refractivity contribution in [3.05, 3.63) is 18.0 Å². The summed E-state index contributed by atoms with van der Waals surface area (Å²) < 4.78 is 33.5. The fourth-order valence-corrected chi connectivity index (χ4v) is 3.87. The summed E-state index contributed by atoms with van der Waals surface area (Å²) in [5.41, 5.74) is 1.15. The van der Waals surface area contributed by atoms with Crippen LogP contribution < -0.4 is 4.72 Å². The number of nitrogens with one attached hydrogen (secondary N) is 1. The summed E-state index contributed by atoms with van der Waals surface area (Å²) >= 11 is 0. The lowest BCUT2D eigenvalue weighted by molar-refractivity contribution is 0.0170. The highest BCUT2D eigenvalue weighted by Crippen LogP contribution is 2.25. The highest BCUT2D eigenvalue weighted by Gasteiger charge is 2.31. The second kappa shape index (κ2) is 6.66. The number of ether oxygens (including phenoxy) is 1. The standard InChI is InChI=1S/C14H24N4O3S/c1-2-22(19,20)16-9-14-11-17(12-4-7-21-8-5-12)10-13-3-6-15-18(13)14/h3,6,12,14,16H,2,4-5,7-11H2,1H3/t14-/m1/s1. The molecule has 1 saturated heterocycles. The zero-order valence-electron chi connectivity index (χ0n) is 12.9. The van der Waals surface area contributed by atoms with E-state index in [1.807, 2.05) is 10.7 Å². The summed E-state index contributed by atoms with van der Waals surface area (Å²) in [6.07, 6.45) is 3.88. The van der Waals surface area contributed by atoms with Crippen LogP contribution in [0.2, 0.25) is 0 Å². The van der Waals surface area contributed by atoms with Crippen LogP contribution in [0.5, 0.6) is 0 Å². The van der Waals surface area contributed by atoms with Gasteiger partial charge in [-0.25, -0.2) is 13.1 Å². The van der Waals surface area contributed by atoms with E-state index in [1.54, 1.807) is 13.1 Å². The first kappa shape index (κ1) is 15.9. The monoisotopic (exact) mass is 328 g/mol. The molecule has 0 bridgehead atoms. The smallest absolute Gasteiger partial charge is 0.211 e. The zero-order chi connectivity index (χ0) is 15.6. The molecule has 0 saturated carbocycles. The number of aromatic nitrogens is 2. The fourth-order valence-electron chi connectivity index (χ4n) is 3.22. The van der Waals surface area contributed by atoms with Crippen molar-refractivity contribution in [2.75, 3.05) is 32.1 Å². The Morgan fingerprint density at radius 2 is 2.18 bits per heavy atom. The van der Waals surface area contributed by atoms with E-state index in [9.17, 15) is 8.42 Å². The quantitative estimate of drug-likeness (QED) is 0.844. The molecule has 3 rings (SSSR count). The summed E-state index contributed by atoms with van der Waals surface area (Å²) in [6, 6.07) is 2.58. The molecule has 0 amide bonds. The van der Waals surface area contributed by atoms with Gasteiger partial charge in [-0.2, -0.15) is 5.10 Å². The molecule has 1 atom stereocenters. The van der Waals surface area contributed by atoms with E-state index in [4.69, 9.17) is 4.74 Å². The maximum absolute atomic E-state index is 11.7. The van der Waals surface area contributed by atoms with Gasteiger partial charge < -0.3 is 4.74 Å². The van der Waals surface area contributed by atoms with Gasteiger partial charge in [-0.1, -0.05) is 0 Å². The Balaban J connectivity index is 1.71. The second-order valence-electron chi connectivity index (χ2n) is 5.95. The van der Waals surface area contributed by atoms with E-state index in [2.05, 4.69) is 14.7 Å². The molecule has 124 valence electrons. The molecule has 0 radical (unpaired) electrons. The third-order valence-corrected chi connectivity index (χ3v) is 5.90. The lowest BCUT2D eigenvalue weighted by Gasteiger charge is -2.40. The molecule has 1 fully saturated rings. The SMILES string of the molecule is CCS(=O)(=O)NC[C@@H]1CN(C2CCOCC2)Cc2ccnn21. The van der Waals surface area contributed by atoms with Gasteiger partial charge in [0.1, 0.15) is 0 Å². The van der Waals surface area contributed by atoms with Crippen LogP contribution >= 0.6 is 0 Å². The molecule has 1 N–H and O–H groups in total. The molecule has 8 heteroatoms. The zero-order valence-corrected chi connectivity index (χ0v) is 13.8. The minimum Gasteiger partial charge on any atom is -0.381 e. The first-order valence-electron chi connectivity index (χ1n) is 7.90. The summed E-state index contributed by atoms with van der Waals surface area (Å²) in [5.74, 6) is 0.107. The fraction of sp³-hybridized carbons (Fsp3) is 0.786. The van der Waals surface area contributed by atoms with Gasteiger partial charge in [0.2, 0.25) is 10.0 Å². The van der Waals surface area contributed by atoms with Crippen molar-refractivity contribution in [3.8, 4) is 0 Å². The van der Waals surface area contributed by atoms with Crippen LogP contribution in [0.4, 0.5) is 0 Å². The summed E-state index contributed by atoms with van der Waals surface area (Å²) in [4.78, 5) is 2.45.